The number of nitrogens with one attached hydrogen (secondary N) is 1. The van der Waals surface area contributed by atoms with E-state index >= 15 is 0 Å². The third-order valence-electron chi connectivity index (χ3n) is 6.49. The van der Waals surface area contributed by atoms with E-state index in [1.165, 1.54) is 12.8 Å². The van der Waals surface area contributed by atoms with Gasteiger partial charge in [-0.05, 0) is 52.4 Å². The van der Waals surface area contributed by atoms with Crippen LogP contribution in [-0.4, -0.2) is 110 Å². The zero-order chi connectivity index (χ0) is 19.2. The van der Waals surface area contributed by atoms with Crippen LogP contribution in [0.4, 0.5) is 0 Å². The van der Waals surface area contributed by atoms with Crippen molar-refractivity contribution in [3.8, 4) is 0 Å². The van der Waals surface area contributed by atoms with E-state index in [0.29, 0.717) is 11.9 Å². The van der Waals surface area contributed by atoms with Gasteiger partial charge in [0.2, 0.25) is 11.8 Å². The van der Waals surface area contributed by atoms with Gasteiger partial charge < -0.3 is 20.0 Å². The Balaban J connectivity index is 1.42. The average molecular weight is 380 g/mol. The van der Waals surface area contributed by atoms with Crippen LogP contribution in [0.2, 0.25) is 0 Å². The largest absolute Gasteiger partial charge is 0.355 e. The molecular weight excluding hydrogens is 342 g/mol. The predicted octanol–water partition coefficient (Wildman–Crippen LogP) is 0.0729. The zero-order valence-electron chi connectivity index (χ0n) is 17.2. The highest BCUT2D eigenvalue weighted by Gasteiger charge is 2.34. The summed E-state index contributed by atoms with van der Waals surface area (Å²) in [5.74, 6) is 0.634. The van der Waals surface area contributed by atoms with Crippen molar-refractivity contribution < 1.29 is 9.59 Å². The van der Waals surface area contributed by atoms with Crippen molar-refractivity contribution in [3.05, 3.63) is 0 Å². The van der Waals surface area contributed by atoms with Crippen molar-refractivity contribution >= 4 is 11.8 Å². The molecule has 0 unspecified atom stereocenters. The molecule has 3 heterocycles. The first-order valence-electron chi connectivity index (χ1n) is 10.7. The summed E-state index contributed by atoms with van der Waals surface area (Å²) < 4.78 is 0. The summed E-state index contributed by atoms with van der Waals surface area (Å²) in [6, 6.07) is 0.616. The van der Waals surface area contributed by atoms with Crippen molar-refractivity contribution in [3.63, 3.8) is 0 Å². The molecule has 154 valence electrons. The normalized spacial score (nSPS) is 26.9. The second kappa shape index (κ2) is 9.85. The van der Waals surface area contributed by atoms with Crippen molar-refractivity contribution in [1.29, 1.82) is 0 Å². The molecular formula is C20H37N5O2. The number of hydrogen-bond donors (Lipinski definition) is 1. The van der Waals surface area contributed by atoms with Crippen LogP contribution in [0.15, 0.2) is 0 Å². The molecule has 0 spiro atoms. The average Bonchev–Trinajstić information content (AvgIpc) is 2.68. The molecule has 2 amide bonds. The first kappa shape index (κ1) is 20.6. The number of carbonyl (C=O) groups is 2. The number of hydrogen-bond acceptors (Lipinski definition) is 5. The molecule has 0 saturated carbocycles. The number of amides is 2. The molecule has 3 rings (SSSR count). The predicted molar refractivity (Wildman–Crippen MR) is 107 cm³/mol. The van der Waals surface area contributed by atoms with Crippen molar-refractivity contribution in [2.24, 2.45) is 5.92 Å². The lowest BCUT2D eigenvalue weighted by molar-refractivity contribution is -0.139. The zero-order valence-corrected chi connectivity index (χ0v) is 17.2. The Morgan fingerprint density at radius 1 is 0.963 bits per heavy atom. The molecule has 0 aliphatic carbocycles. The van der Waals surface area contributed by atoms with Crippen LogP contribution >= 0.6 is 0 Å². The second-order valence-electron chi connectivity index (χ2n) is 8.52. The van der Waals surface area contributed by atoms with Crippen LogP contribution in [0.1, 0.15) is 32.6 Å². The van der Waals surface area contributed by atoms with E-state index in [0.717, 1.165) is 78.3 Å². The van der Waals surface area contributed by atoms with Crippen LogP contribution in [-0.2, 0) is 9.59 Å². The summed E-state index contributed by atoms with van der Waals surface area (Å²) >= 11 is 0. The summed E-state index contributed by atoms with van der Waals surface area (Å²) in [5.41, 5.74) is 0. The molecule has 27 heavy (non-hydrogen) atoms. The van der Waals surface area contributed by atoms with E-state index in [2.05, 4.69) is 32.0 Å². The number of likely N-dealkylation sites (N-methyl/N-ethyl adjacent to an activating group) is 1. The Kier molecular flexibility index (Phi) is 7.49. The summed E-state index contributed by atoms with van der Waals surface area (Å²) in [5, 5.41) is 2.88. The molecule has 1 N–H and O–H groups in total. The highest BCUT2D eigenvalue weighted by molar-refractivity contribution is 5.79. The summed E-state index contributed by atoms with van der Waals surface area (Å²) in [6.07, 6.45) is 4.55. The maximum Gasteiger partial charge on any atom is 0.227 e. The van der Waals surface area contributed by atoms with Crippen LogP contribution in [0, 0.1) is 5.92 Å². The van der Waals surface area contributed by atoms with Gasteiger partial charge in [0.1, 0.15) is 0 Å². The van der Waals surface area contributed by atoms with Crippen LogP contribution in [0.25, 0.3) is 0 Å². The SMILES string of the molecule is CC(=O)NCCN1CCC(N2CCC[C@@H](C(=O)N3CCN(C)CC3)C2)CC1. The molecule has 3 saturated heterocycles. The van der Waals surface area contributed by atoms with E-state index in [-0.39, 0.29) is 11.8 Å². The van der Waals surface area contributed by atoms with Gasteiger partial charge in [-0.3, -0.25) is 14.5 Å². The highest BCUT2D eigenvalue weighted by Crippen LogP contribution is 2.25. The van der Waals surface area contributed by atoms with Gasteiger partial charge in [-0.1, -0.05) is 0 Å². The van der Waals surface area contributed by atoms with Crippen molar-refractivity contribution in [2.45, 2.75) is 38.6 Å². The smallest absolute Gasteiger partial charge is 0.227 e. The molecule has 7 heteroatoms. The standard InChI is InChI=1S/C20H37N5O2/c1-17(26)21-7-11-23-9-5-19(6-10-23)25-8-3-4-18(16-25)20(27)24-14-12-22(2)13-15-24/h18-19H,3-16H2,1-2H3,(H,21,26)/t18-/m1/s1. The second-order valence-corrected chi connectivity index (χ2v) is 8.52. The fourth-order valence-electron chi connectivity index (χ4n) is 4.72. The minimum atomic E-state index is 0.0502. The van der Waals surface area contributed by atoms with Gasteiger partial charge in [0.25, 0.3) is 0 Å². The van der Waals surface area contributed by atoms with Gasteiger partial charge in [-0.25, -0.2) is 0 Å². The van der Waals surface area contributed by atoms with E-state index < -0.39 is 0 Å². The number of nitrogens with zero attached hydrogens (tertiary/aromatic N) is 4. The molecule has 0 aromatic rings. The fraction of sp³-hybridized carbons (Fsp3) is 0.900. The Labute approximate surface area is 164 Å². The highest BCUT2D eigenvalue weighted by atomic mass is 16.2. The lowest BCUT2D eigenvalue weighted by atomic mass is 9.92. The number of piperazine rings is 1. The molecule has 0 bridgehead atoms. The molecule has 0 radical (unpaired) electrons. The van der Waals surface area contributed by atoms with E-state index in [4.69, 9.17) is 0 Å². The Hall–Kier alpha value is -1.18. The van der Waals surface area contributed by atoms with Gasteiger partial charge in [0.05, 0.1) is 5.92 Å². The first-order valence-corrected chi connectivity index (χ1v) is 10.7. The summed E-state index contributed by atoms with van der Waals surface area (Å²) in [6.45, 7) is 11.3. The number of rotatable bonds is 5. The summed E-state index contributed by atoms with van der Waals surface area (Å²) in [4.78, 5) is 33.4. The third kappa shape index (κ3) is 5.90. The van der Waals surface area contributed by atoms with Crippen molar-refractivity contribution in [1.82, 2.24) is 24.9 Å². The minimum absolute atomic E-state index is 0.0502. The Bertz CT molecular complexity index is 499. The molecule has 0 aromatic carbocycles. The van der Waals surface area contributed by atoms with E-state index in [1.807, 2.05) is 0 Å². The number of piperidine rings is 2. The molecule has 1 atom stereocenters. The maximum absolute atomic E-state index is 13.0. The maximum atomic E-state index is 13.0. The lowest BCUT2D eigenvalue weighted by Crippen LogP contribution is -2.54. The van der Waals surface area contributed by atoms with Gasteiger partial charge in [0.15, 0.2) is 0 Å². The van der Waals surface area contributed by atoms with Crippen LogP contribution < -0.4 is 5.32 Å². The van der Waals surface area contributed by atoms with Gasteiger partial charge in [0, 0.05) is 58.8 Å². The third-order valence-corrected chi connectivity index (χ3v) is 6.49. The number of carbonyl (C=O) groups excluding carboxylic acids is 2. The summed E-state index contributed by atoms with van der Waals surface area (Å²) in [7, 11) is 2.13. The molecule has 3 aliphatic rings. The molecule has 3 fully saturated rings. The monoisotopic (exact) mass is 379 g/mol. The van der Waals surface area contributed by atoms with Crippen LogP contribution in [0.5, 0.6) is 0 Å². The van der Waals surface area contributed by atoms with Gasteiger partial charge in [-0.15, -0.1) is 0 Å². The quantitative estimate of drug-likeness (QED) is 0.733. The van der Waals surface area contributed by atoms with E-state index in [1.54, 1.807) is 6.92 Å². The lowest BCUT2D eigenvalue weighted by Gasteiger charge is -2.43. The molecule has 3 aliphatic heterocycles. The Morgan fingerprint density at radius 2 is 1.67 bits per heavy atom. The van der Waals surface area contributed by atoms with Gasteiger partial charge in [-0.2, -0.15) is 0 Å². The van der Waals surface area contributed by atoms with Crippen molar-refractivity contribution in [2.75, 3.05) is 72.5 Å². The Morgan fingerprint density at radius 3 is 2.33 bits per heavy atom. The number of likely N-dealkylation sites (tertiary alicyclic amines) is 2. The van der Waals surface area contributed by atoms with Crippen LogP contribution in [0.3, 0.4) is 0 Å². The molecule has 7 nitrogen and oxygen atoms in total. The fourth-order valence-corrected chi connectivity index (χ4v) is 4.72. The van der Waals surface area contributed by atoms with E-state index in [9.17, 15) is 9.59 Å². The first-order chi connectivity index (χ1) is 13.0. The van der Waals surface area contributed by atoms with Gasteiger partial charge >= 0.3 is 0 Å². The molecule has 0 aromatic heterocycles. The minimum Gasteiger partial charge on any atom is -0.355 e. The topological polar surface area (TPSA) is 59.1 Å².